The molecule has 112 valence electrons. The van der Waals surface area contributed by atoms with Crippen LogP contribution < -0.4 is 5.32 Å². The Balaban J connectivity index is 2.04. The summed E-state index contributed by atoms with van der Waals surface area (Å²) in [6, 6.07) is 8.86. The Hall–Kier alpha value is -2.01. The maximum atomic E-state index is 13.5. The summed E-state index contributed by atoms with van der Waals surface area (Å²) in [5.74, 6) is -3.04. The van der Waals surface area contributed by atoms with Crippen LogP contribution in [-0.4, -0.2) is 11.7 Å². The van der Waals surface area contributed by atoms with Crippen LogP contribution in [0.5, 0.6) is 0 Å². The maximum Gasteiger partial charge on any atom is 0.161 e. The highest BCUT2D eigenvalue weighted by Crippen LogP contribution is 2.17. The lowest BCUT2D eigenvalue weighted by Crippen LogP contribution is -2.04. The Kier molecular flexibility index (Phi) is 5.22. The highest BCUT2D eigenvalue weighted by molar-refractivity contribution is 5.46. The van der Waals surface area contributed by atoms with E-state index in [0.29, 0.717) is 12.5 Å². The molecule has 2 rings (SSSR count). The van der Waals surface area contributed by atoms with E-state index in [1.165, 1.54) is 0 Å². The van der Waals surface area contributed by atoms with Crippen LogP contribution >= 0.6 is 0 Å². The second-order valence-electron chi connectivity index (χ2n) is 4.74. The average Bonchev–Trinajstić information content (AvgIpc) is 2.48. The molecule has 0 bridgehead atoms. The van der Waals surface area contributed by atoms with Gasteiger partial charge in [0.25, 0.3) is 0 Å². The number of aryl methyl sites for hydroxylation is 1. The summed E-state index contributed by atoms with van der Waals surface area (Å²) in [5, 5.41) is 11.8. The van der Waals surface area contributed by atoms with E-state index >= 15 is 0 Å². The van der Waals surface area contributed by atoms with Crippen LogP contribution in [-0.2, 0) is 13.0 Å². The summed E-state index contributed by atoms with van der Waals surface area (Å²) >= 11 is 0. The van der Waals surface area contributed by atoms with E-state index in [1.54, 1.807) is 6.07 Å². The highest BCUT2D eigenvalue weighted by atomic mass is 19.2. The van der Waals surface area contributed by atoms with Gasteiger partial charge in [-0.1, -0.05) is 12.1 Å². The van der Waals surface area contributed by atoms with Crippen LogP contribution in [0.15, 0.2) is 36.4 Å². The molecule has 0 aromatic heterocycles. The minimum absolute atomic E-state index is 0.0620. The Bertz CT molecular complexity index is 616. The van der Waals surface area contributed by atoms with E-state index < -0.39 is 17.5 Å². The van der Waals surface area contributed by atoms with Crippen LogP contribution in [0.3, 0.4) is 0 Å². The summed E-state index contributed by atoms with van der Waals surface area (Å²) in [5.41, 5.74) is 1.86. The molecule has 2 aromatic carbocycles. The van der Waals surface area contributed by atoms with Gasteiger partial charge >= 0.3 is 0 Å². The first-order chi connectivity index (χ1) is 10.1. The van der Waals surface area contributed by atoms with Crippen LogP contribution in [0.1, 0.15) is 17.5 Å². The first kappa shape index (κ1) is 15.4. The van der Waals surface area contributed by atoms with Crippen molar-refractivity contribution in [3.8, 4) is 0 Å². The van der Waals surface area contributed by atoms with E-state index in [4.69, 9.17) is 5.11 Å². The first-order valence-electron chi connectivity index (χ1n) is 6.67. The van der Waals surface area contributed by atoms with E-state index in [1.807, 2.05) is 18.2 Å². The number of halogens is 3. The van der Waals surface area contributed by atoms with Crippen molar-refractivity contribution in [2.24, 2.45) is 0 Å². The minimum atomic E-state index is -1.19. The third kappa shape index (κ3) is 4.23. The van der Waals surface area contributed by atoms with Crippen molar-refractivity contribution >= 4 is 5.69 Å². The van der Waals surface area contributed by atoms with Crippen molar-refractivity contribution in [3.63, 3.8) is 0 Å². The van der Waals surface area contributed by atoms with Gasteiger partial charge in [0.2, 0.25) is 0 Å². The molecule has 2 aromatic rings. The Morgan fingerprint density at radius 3 is 2.48 bits per heavy atom. The smallest absolute Gasteiger partial charge is 0.161 e. The molecule has 0 atom stereocenters. The summed E-state index contributed by atoms with van der Waals surface area (Å²) in [7, 11) is 0. The molecule has 2 N–H and O–H groups in total. The molecule has 0 heterocycles. The number of hydrogen-bond donors (Lipinski definition) is 2. The molecule has 21 heavy (non-hydrogen) atoms. The van der Waals surface area contributed by atoms with Crippen LogP contribution in [0, 0.1) is 17.5 Å². The van der Waals surface area contributed by atoms with Crippen LogP contribution in [0.2, 0.25) is 0 Å². The molecule has 0 saturated heterocycles. The lowest BCUT2D eigenvalue weighted by molar-refractivity contribution is 0.288. The lowest BCUT2D eigenvalue weighted by atomic mass is 10.1. The summed E-state index contributed by atoms with van der Waals surface area (Å²) < 4.78 is 39.4. The molecule has 0 fully saturated rings. The summed E-state index contributed by atoms with van der Waals surface area (Å²) in [4.78, 5) is 0. The fourth-order valence-corrected chi connectivity index (χ4v) is 2.02. The number of anilines is 1. The van der Waals surface area contributed by atoms with Gasteiger partial charge in [0.05, 0.1) is 0 Å². The van der Waals surface area contributed by atoms with E-state index in [-0.39, 0.29) is 18.7 Å². The van der Waals surface area contributed by atoms with E-state index in [2.05, 4.69) is 5.32 Å². The first-order valence-corrected chi connectivity index (χ1v) is 6.67. The van der Waals surface area contributed by atoms with Gasteiger partial charge < -0.3 is 10.4 Å². The van der Waals surface area contributed by atoms with Gasteiger partial charge in [-0.05, 0) is 36.6 Å². The topological polar surface area (TPSA) is 32.3 Å². The summed E-state index contributed by atoms with van der Waals surface area (Å²) in [6.07, 6.45) is 1.41. The molecule has 0 radical (unpaired) electrons. The number of rotatable bonds is 6. The normalized spacial score (nSPS) is 10.7. The van der Waals surface area contributed by atoms with Crippen molar-refractivity contribution in [1.29, 1.82) is 0 Å². The quantitative estimate of drug-likeness (QED) is 0.797. The molecular formula is C16H16F3NO. The zero-order valence-corrected chi connectivity index (χ0v) is 11.4. The van der Waals surface area contributed by atoms with Crippen molar-refractivity contribution < 1.29 is 18.3 Å². The number of nitrogens with one attached hydrogen (secondary N) is 1. The largest absolute Gasteiger partial charge is 0.396 e. The second-order valence-corrected chi connectivity index (χ2v) is 4.74. The number of aliphatic hydroxyl groups is 1. The van der Waals surface area contributed by atoms with Crippen molar-refractivity contribution in [2.45, 2.75) is 19.4 Å². The third-order valence-electron chi connectivity index (χ3n) is 3.12. The van der Waals surface area contributed by atoms with Gasteiger partial charge in [0.15, 0.2) is 11.6 Å². The predicted octanol–water partition coefficient (Wildman–Crippen LogP) is 3.64. The molecule has 2 nitrogen and oxygen atoms in total. The Morgan fingerprint density at radius 1 is 0.952 bits per heavy atom. The molecule has 0 aliphatic carbocycles. The maximum absolute atomic E-state index is 13.5. The molecule has 0 amide bonds. The molecule has 5 heteroatoms. The molecular weight excluding hydrogens is 279 g/mol. The van der Waals surface area contributed by atoms with Gasteiger partial charge in [-0.25, -0.2) is 13.2 Å². The highest BCUT2D eigenvalue weighted by Gasteiger charge is 2.09. The van der Waals surface area contributed by atoms with Gasteiger partial charge in [0.1, 0.15) is 5.82 Å². The third-order valence-corrected chi connectivity index (χ3v) is 3.12. The van der Waals surface area contributed by atoms with Crippen molar-refractivity contribution in [3.05, 3.63) is 65.0 Å². The monoisotopic (exact) mass is 295 g/mol. The molecule has 0 aliphatic heterocycles. The Morgan fingerprint density at radius 2 is 1.71 bits per heavy atom. The number of aliphatic hydroxyl groups excluding tert-OH is 1. The second kappa shape index (κ2) is 7.13. The van der Waals surface area contributed by atoms with Crippen LogP contribution in [0.25, 0.3) is 0 Å². The van der Waals surface area contributed by atoms with Gasteiger partial charge in [-0.15, -0.1) is 0 Å². The van der Waals surface area contributed by atoms with E-state index in [9.17, 15) is 13.2 Å². The molecule has 0 spiro atoms. The lowest BCUT2D eigenvalue weighted by Gasteiger charge is -2.09. The van der Waals surface area contributed by atoms with Crippen molar-refractivity contribution in [2.75, 3.05) is 11.9 Å². The number of hydrogen-bond acceptors (Lipinski definition) is 2. The fraction of sp³-hybridized carbons (Fsp3) is 0.250. The average molecular weight is 295 g/mol. The zero-order chi connectivity index (χ0) is 15.2. The zero-order valence-electron chi connectivity index (χ0n) is 11.4. The minimum Gasteiger partial charge on any atom is -0.396 e. The number of benzene rings is 2. The molecule has 0 aliphatic rings. The predicted molar refractivity (Wildman–Crippen MR) is 75.5 cm³/mol. The fourth-order valence-electron chi connectivity index (χ4n) is 2.02. The molecule has 0 unspecified atom stereocenters. The SMILES string of the molecule is OCCCc1cccc(NCc2cc(F)c(F)cc2F)c1. The van der Waals surface area contributed by atoms with E-state index in [0.717, 1.165) is 23.7 Å². The van der Waals surface area contributed by atoms with Gasteiger partial charge in [0, 0.05) is 30.5 Å². The van der Waals surface area contributed by atoms with Crippen molar-refractivity contribution in [1.82, 2.24) is 0 Å². The Labute approximate surface area is 121 Å². The van der Waals surface area contributed by atoms with Crippen LogP contribution in [0.4, 0.5) is 18.9 Å². The van der Waals surface area contributed by atoms with Gasteiger partial charge in [-0.3, -0.25) is 0 Å². The molecule has 0 saturated carbocycles. The van der Waals surface area contributed by atoms with Gasteiger partial charge in [-0.2, -0.15) is 0 Å². The summed E-state index contributed by atoms with van der Waals surface area (Å²) in [6.45, 7) is 0.185. The standard InChI is InChI=1S/C16H16F3NO/c17-14-9-16(19)15(18)8-12(14)10-20-13-5-1-3-11(7-13)4-2-6-21/h1,3,5,7-9,20-21H,2,4,6,10H2.